The molecule has 0 saturated heterocycles. The van der Waals surface area contributed by atoms with Crippen molar-refractivity contribution in [2.75, 3.05) is 0 Å². The quantitative estimate of drug-likeness (QED) is 0.708. The van der Waals surface area contributed by atoms with Crippen molar-refractivity contribution >= 4 is 11.1 Å². The minimum Gasteiger partial charge on any atom is -0.408 e. The summed E-state index contributed by atoms with van der Waals surface area (Å²) in [6.07, 6.45) is 2.49. The van der Waals surface area contributed by atoms with Gasteiger partial charge in [0.1, 0.15) is 0 Å². The third-order valence-corrected chi connectivity index (χ3v) is 1.89. The fourth-order valence-corrected chi connectivity index (χ4v) is 1.35. The number of hydrogen-bond acceptors (Lipinski definition) is 2. The maximum Gasteiger partial charge on any atom is 0.417 e. The molecule has 0 fully saturated rings. The van der Waals surface area contributed by atoms with Crippen molar-refractivity contribution in [3.05, 3.63) is 47.0 Å². The molecule has 0 atom stereocenters. The zero-order valence-corrected chi connectivity index (χ0v) is 7.04. The second-order valence-corrected chi connectivity index (χ2v) is 2.80. The van der Waals surface area contributed by atoms with Crippen LogP contribution in [-0.2, 0) is 6.42 Å². The van der Waals surface area contributed by atoms with E-state index in [1.54, 1.807) is 6.08 Å². The number of oxazole rings is 1. The summed E-state index contributed by atoms with van der Waals surface area (Å²) in [6, 6.07) is 5.61. The van der Waals surface area contributed by atoms with Gasteiger partial charge >= 0.3 is 5.76 Å². The van der Waals surface area contributed by atoms with Gasteiger partial charge in [-0.15, -0.1) is 6.58 Å². The molecule has 1 aromatic heterocycles. The molecule has 0 radical (unpaired) electrons. The van der Waals surface area contributed by atoms with Crippen molar-refractivity contribution in [1.82, 2.24) is 4.98 Å². The largest absolute Gasteiger partial charge is 0.417 e. The Morgan fingerprint density at radius 1 is 1.54 bits per heavy atom. The summed E-state index contributed by atoms with van der Waals surface area (Å²) in [4.78, 5) is 13.5. The number of allylic oxidation sites excluding steroid dienone is 1. The normalized spacial score (nSPS) is 10.5. The van der Waals surface area contributed by atoms with Gasteiger partial charge in [-0.2, -0.15) is 0 Å². The van der Waals surface area contributed by atoms with Crippen molar-refractivity contribution in [1.29, 1.82) is 0 Å². The second kappa shape index (κ2) is 2.94. The summed E-state index contributed by atoms with van der Waals surface area (Å²) >= 11 is 0. The molecule has 3 nitrogen and oxygen atoms in total. The maximum absolute atomic E-state index is 10.9. The summed E-state index contributed by atoms with van der Waals surface area (Å²) in [5.74, 6) is -0.411. The van der Waals surface area contributed by atoms with E-state index in [4.69, 9.17) is 4.42 Å². The molecule has 0 aliphatic heterocycles. The van der Waals surface area contributed by atoms with E-state index >= 15 is 0 Å². The van der Waals surface area contributed by atoms with Crippen LogP contribution in [-0.4, -0.2) is 4.98 Å². The Bertz CT molecular complexity index is 493. The van der Waals surface area contributed by atoms with E-state index in [9.17, 15) is 4.79 Å². The molecule has 0 spiro atoms. The number of nitrogens with one attached hydrogen (secondary N) is 1. The molecular weight excluding hydrogens is 166 g/mol. The zero-order chi connectivity index (χ0) is 9.26. The number of para-hydroxylation sites is 1. The average Bonchev–Trinajstić information content (AvgIpc) is 2.47. The Labute approximate surface area is 74.7 Å². The molecule has 3 heteroatoms. The van der Waals surface area contributed by atoms with Gasteiger partial charge in [0.15, 0.2) is 5.58 Å². The number of aromatic amines is 1. The van der Waals surface area contributed by atoms with Crippen molar-refractivity contribution < 1.29 is 4.42 Å². The molecule has 66 valence electrons. The fraction of sp³-hybridized carbons (Fsp3) is 0.100. The van der Waals surface area contributed by atoms with Crippen molar-refractivity contribution in [2.24, 2.45) is 0 Å². The van der Waals surface area contributed by atoms with Crippen molar-refractivity contribution in [2.45, 2.75) is 6.42 Å². The van der Waals surface area contributed by atoms with Crippen LogP contribution in [0.15, 0.2) is 40.1 Å². The highest BCUT2D eigenvalue weighted by atomic mass is 16.4. The Kier molecular flexibility index (Phi) is 1.77. The third kappa shape index (κ3) is 1.28. The van der Waals surface area contributed by atoms with Gasteiger partial charge in [-0.25, -0.2) is 4.79 Å². The molecule has 1 N–H and O–H groups in total. The lowest BCUT2D eigenvalue weighted by atomic mass is 10.1. The summed E-state index contributed by atoms with van der Waals surface area (Å²) in [7, 11) is 0. The summed E-state index contributed by atoms with van der Waals surface area (Å²) in [5, 5.41) is 0. The summed E-state index contributed by atoms with van der Waals surface area (Å²) in [6.45, 7) is 3.64. The monoisotopic (exact) mass is 175 g/mol. The average molecular weight is 175 g/mol. The van der Waals surface area contributed by atoms with Crippen molar-refractivity contribution in [3.8, 4) is 0 Å². The Hall–Kier alpha value is -1.77. The van der Waals surface area contributed by atoms with Gasteiger partial charge in [-0.3, -0.25) is 4.98 Å². The lowest BCUT2D eigenvalue weighted by molar-refractivity contribution is 0.552. The van der Waals surface area contributed by atoms with Crippen LogP contribution in [0.3, 0.4) is 0 Å². The lowest BCUT2D eigenvalue weighted by Gasteiger charge is -1.95. The first-order chi connectivity index (χ1) is 6.31. The first-order valence-corrected chi connectivity index (χ1v) is 4.03. The van der Waals surface area contributed by atoms with Gasteiger partial charge in [-0.05, 0) is 12.5 Å². The Morgan fingerprint density at radius 2 is 2.38 bits per heavy atom. The number of rotatable bonds is 2. The first-order valence-electron chi connectivity index (χ1n) is 4.03. The molecule has 2 rings (SSSR count). The molecule has 1 aromatic carbocycles. The molecule has 0 unspecified atom stereocenters. The van der Waals surface area contributed by atoms with Crippen molar-refractivity contribution in [3.63, 3.8) is 0 Å². The van der Waals surface area contributed by atoms with Gasteiger partial charge < -0.3 is 4.42 Å². The van der Waals surface area contributed by atoms with Crippen LogP contribution < -0.4 is 5.76 Å². The molecule has 1 heterocycles. The van der Waals surface area contributed by atoms with Gasteiger partial charge in [0.05, 0.1) is 5.52 Å². The Balaban J connectivity index is 2.74. The van der Waals surface area contributed by atoms with E-state index in [0.717, 1.165) is 11.1 Å². The standard InChI is InChI=1S/C10H9NO2/c1-2-4-7-5-3-6-8-9(7)13-10(12)11-8/h2-3,5-6H,1,4H2,(H,11,12). The number of fused-ring (bicyclic) bond motifs is 1. The van der Waals surface area contributed by atoms with E-state index in [1.165, 1.54) is 0 Å². The SMILES string of the molecule is C=CCc1cccc2[nH]c(=O)oc12. The minimum atomic E-state index is -0.411. The summed E-state index contributed by atoms with van der Waals surface area (Å²) < 4.78 is 4.99. The van der Waals surface area contributed by atoms with Crippen LogP contribution in [0.5, 0.6) is 0 Å². The summed E-state index contributed by atoms with van der Waals surface area (Å²) in [5.41, 5.74) is 2.35. The van der Waals surface area contributed by atoms with E-state index in [0.29, 0.717) is 12.0 Å². The number of H-pyrrole nitrogens is 1. The number of hydrogen-bond donors (Lipinski definition) is 1. The van der Waals surface area contributed by atoms with Gasteiger partial charge in [0.25, 0.3) is 0 Å². The topological polar surface area (TPSA) is 46.0 Å². The van der Waals surface area contributed by atoms with E-state index in [-0.39, 0.29) is 0 Å². The molecule has 0 amide bonds. The minimum absolute atomic E-state index is 0.411. The zero-order valence-electron chi connectivity index (χ0n) is 7.04. The highest BCUT2D eigenvalue weighted by Crippen LogP contribution is 2.15. The molecule has 0 aliphatic rings. The van der Waals surface area contributed by atoms with E-state index in [2.05, 4.69) is 11.6 Å². The molecule has 13 heavy (non-hydrogen) atoms. The fourth-order valence-electron chi connectivity index (χ4n) is 1.35. The van der Waals surface area contributed by atoms with Crippen LogP contribution in [0.4, 0.5) is 0 Å². The predicted molar refractivity (Wildman–Crippen MR) is 50.7 cm³/mol. The maximum atomic E-state index is 10.9. The van der Waals surface area contributed by atoms with Crippen LogP contribution >= 0.6 is 0 Å². The Morgan fingerprint density at radius 3 is 3.15 bits per heavy atom. The van der Waals surface area contributed by atoms with Crippen LogP contribution in [0.25, 0.3) is 11.1 Å². The predicted octanol–water partition coefficient (Wildman–Crippen LogP) is 1.85. The lowest BCUT2D eigenvalue weighted by Crippen LogP contribution is -1.92. The van der Waals surface area contributed by atoms with E-state index < -0.39 is 5.76 Å². The molecule has 2 aromatic rings. The molecular formula is C10H9NO2. The van der Waals surface area contributed by atoms with Crippen LogP contribution in [0.1, 0.15) is 5.56 Å². The molecule has 0 saturated carbocycles. The van der Waals surface area contributed by atoms with Gasteiger partial charge in [-0.1, -0.05) is 18.2 Å². The third-order valence-electron chi connectivity index (χ3n) is 1.89. The van der Waals surface area contributed by atoms with Crippen LogP contribution in [0.2, 0.25) is 0 Å². The second-order valence-electron chi connectivity index (χ2n) is 2.80. The van der Waals surface area contributed by atoms with Gasteiger partial charge in [0.2, 0.25) is 0 Å². The highest BCUT2D eigenvalue weighted by molar-refractivity contribution is 5.75. The number of benzene rings is 1. The van der Waals surface area contributed by atoms with E-state index in [1.807, 2.05) is 18.2 Å². The molecule has 0 aliphatic carbocycles. The number of aromatic nitrogens is 1. The highest BCUT2D eigenvalue weighted by Gasteiger charge is 2.04. The molecule has 0 bridgehead atoms. The smallest absolute Gasteiger partial charge is 0.408 e. The van der Waals surface area contributed by atoms with Crippen LogP contribution in [0, 0.1) is 0 Å². The first kappa shape index (κ1) is 7.86. The van der Waals surface area contributed by atoms with Gasteiger partial charge in [0, 0.05) is 5.56 Å².